The lowest BCUT2D eigenvalue weighted by Crippen LogP contribution is -1.98. The maximum atomic E-state index is 8.17. The number of furan rings is 4. The molecule has 0 bridgehead atoms. The lowest BCUT2D eigenvalue weighted by Gasteiger charge is -2.01. The summed E-state index contributed by atoms with van der Waals surface area (Å²) in [4.78, 5) is 0. The lowest BCUT2D eigenvalue weighted by atomic mass is 10.0. The summed E-state index contributed by atoms with van der Waals surface area (Å²) in [5.41, 5.74) is 9.47. The van der Waals surface area contributed by atoms with E-state index in [-0.39, 0.29) is 0 Å². The van der Waals surface area contributed by atoms with Gasteiger partial charge in [0.2, 0.25) is 5.76 Å². The molecule has 58 heavy (non-hydrogen) atoms. The van der Waals surface area contributed by atoms with Crippen LogP contribution in [0.15, 0.2) is 171 Å². The van der Waals surface area contributed by atoms with Crippen LogP contribution in [0, 0.1) is 6.08 Å². The van der Waals surface area contributed by atoms with Crippen molar-refractivity contribution in [1.29, 1.82) is 0 Å². The molecule has 277 valence electrons. The second kappa shape index (κ2) is 15.1. The van der Waals surface area contributed by atoms with Crippen LogP contribution in [0.2, 0.25) is 0 Å². The van der Waals surface area contributed by atoms with Crippen LogP contribution in [0.5, 0.6) is 5.75 Å². The van der Waals surface area contributed by atoms with Crippen LogP contribution in [0.4, 0.5) is 0 Å². The molecule has 0 saturated carbocycles. The smallest absolute Gasteiger partial charge is 0.537 e. The maximum absolute atomic E-state index is 8.17. The third kappa shape index (κ3) is 6.83. The Kier molecular flexibility index (Phi) is 9.52. The van der Waals surface area contributed by atoms with Crippen molar-refractivity contribution >= 4 is 144 Å². The van der Waals surface area contributed by atoms with Gasteiger partial charge in [-0.2, -0.15) is 0 Å². The normalized spacial score (nSPS) is 12.0. The highest BCUT2D eigenvalue weighted by Gasteiger charge is 2.24. The molecule has 1 N–H and O–H groups in total. The van der Waals surface area contributed by atoms with E-state index in [4.69, 9.17) is 22.7 Å². The van der Waals surface area contributed by atoms with E-state index in [9.17, 15) is 0 Å². The first-order valence-corrected chi connectivity index (χ1v) is 20.5. The van der Waals surface area contributed by atoms with Gasteiger partial charge in [-0.1, -0.05) is 86.5 Å². The average molecular weight is 949 g/mol. The monoisotopic (exact) mass is 946 g/mol. The van der Waals surface area contributed by atoms with Gasteiger partial charge in [-0.05, 0) is 99.9 Å². The number of hydrogen-bond donors (Lipinski definition) is 1. The number of para-hydroxylation sites is 1. The summed E-state index contributed by atoms with van der Waals surface area (Å²) in [7, 11) is 0.662. The standard InChI is InChI=1S/C24H13BrO2.C18H7Br2O2.C6H6BO2/c25-16-7-9-22-18(11-16)20-12-19-17-10-15(14-4-2-1-3-5-14)6-8-21(17)26-23(19)13-24(20)27-22;19-9-1-3-15-11(5-9)13-7-14-12-6-10(20)2-4-16(12)22-18(14)8-17(13)21-15;8-7-9-6-4-2-1-3-5-6/h1-13H;1,3-8H;1-5,8H/q;+1;. The first-order valence-electron chi connectivity index (χ1n) is 18.1. The third-order valence-electron chi connectivity index (χ3n) is 9.98. The molecule has 0 unspecified atom stereocenters. The summed E-state index contributed by atoms with van der Waals surface area (Å²) in [5.74, 6) is 1.47. The Balaban J connectivity index is 0.000000118. The summed E-state index contributed by atoms with van der Waals surface area (Å²) in [6.45, 7) is 0. The minimum absolute atomic E-state index is 0.639. The molecule has 0 amide bonds. The van der Waals surface area contributed by atoms with Crippen molar-refractivity contribution in [3.05, 3.63) is 170 Å². The minimum Gasteiger partial charge on any atom is -0.537 e. The zero-order chi connectivity index (χ0) is 39.3. The highest BCUT2D eigenvalue weighted by Crippen LogP contribution is 2.40. The second-order valence-corrected chi connectivity index (χ2v) is 16.2. The van der Waals surface area contributed by atoms with Gasteiger partial charge in [0.1, 0.15) is 45.1 Å². The molecule has 0 saturated heterocycles. The van der Waals surface area contributed by atoms with E-state index >= 15 is 0 Å². The van der Waals surface area contributed by atoms with Gasteiger partial charge >= 0.3 is 7.69 Å². The summed E-state index contributed by atoms with van der Waals surface area (Å²) in [5, 5.41) is 15.9. The predicted molar refractivity (Wildman–Crippen MR) is 245 cm³/mol. The molecule has 4 aromatic heterocycles. The van der Waals surface area contributed by atoms with Gasteiger partial charge in [0.25, 0.3) is 0 Å². The number of benzene rings is 7. The molecule has 4 heterocycles. The summed E-state index contributed by atoms with van der Waals surface area (Å²) < 4.78 is 31.6. The van der Waals surface area contributed by atoms with Gasteiger partial charge in [0.05, 0.1) is 23.3 Å². The van der Waals surface area contributed by atoms with Gasteiger partial charge in [0.15, 0.2) is 10.1 Å². The molecule has 0 atom stereocenters. The summed E-state index contributed by atoms with van der Waals surface area (Å²) in [6, 6.07) is 46.3. The number of hydrogen-bond acceptors (Lipinski definition) is 6. The van der Waals surface area contributed by atoms with Crippen LogP contribution >= 0.6 is 47.8 Å². The minimum atomic E-state index is 0.639. The first kappa shape index (κ1) is 36.5. The SMILES string of the molecule is BrC1=Cc2c(oc3cc4oc5ccc(Br)cc5c4cc23)C=[C+]1.Brc1ccc2oc3cc4oc5ccc(-c6ccccc6)cc5c4cc3c2c1.O[B]Oc1ccccc1. The Morgan fingerprint density at radius 1 is 0.466 bits per heavy atom. The molecular weight excluding hydrogens is 923 g/mol. The number of allylic oxidation sites excluding steroid dienone is 2. The fourth-order valence-electron chi connectivity index (χ4n) is 7.33. The number of halogens is 3. The van der Waals surface area contributed by atoms with Crippen LogP contribution in [0.25, 0.3) is 100 Å². The molecule has 1 aliphatic carbocycles. The van der Waals surface area contributed by atoms with Crippen molar-refractivity contribution in [3.63, 3.8) is 0 Å². The quantitative estimate of drug-likeness (QED) is 0.140. The molecule has 0 aliphatic heterocycles. The second-order valence-electron chi connectivity index (χ2n) is 13.6. The Morgan fingerprint density at radius 2 is 0.966 bits per heavy atom. The van der Waals surface area contributed by atoms with Crippen molar-refractivity contribution in [3.8, 4) is 16.9 Å². The van der Waals surface area contributed by atoms with E-state index < -0.39 is 0 Å². The van der Waals surface area contributed by atoms with Gasteiger partial charge in [-0.15, -0.1) is 0 Å². The van der Waals surface area contributed by atoms with Crippen molar-refractivity contribution in [2.24, 2.45) is 0 Å². The number of fused-ring (bicyclic) bond motifs is 12. The average Bonchev–Trinajstić information content (AvgIpc) is 3.99. The van der Waals surface area contributed by atoms with Crippen LogP contribution < -0.4 is 4.65 Å². The van der Waals surface area contributed by atoms with Crippen LogP contribution in [0.3, 0.4) is 0 Å². The molecule has 6 nitrogen and oxygen atoms in total. The lowest BCUT2D eigenvalue weighted by molar-refractivity contribution is 0.454. The van der Waals surface area contributed by atoms with E-state index in [0.29, 0.717) is 13.4 Å². The van der Waals surface area contributed by atoms with E-state index in [1.807, 2.05) is 78.9 Å². The van der Waals surface area contributed by atoms with Crippen LogP contribution in [-0.4, -0.2) is 12.7 Å². The van der Waals surface area contributed by atoms with Gasteiger partial charge in [-0.3, -0.25) is 0 Å². The molecule has 7 aromatic carbocycles. The van der Waals surface area contributed by atoms with Gasteiger partial charge in [0, 0.05) is 53.4 Å². The van der Waals surface area contributed by atoms with E-state index in [2.05, 4.69) is 119 Å². The predicted octanol–water partition coefficient (Wildman–Crippen LogP) is 15.2. The molecule has 1 aliphatic rings. The van der Waals surface area contributed by atoms with Crippen molar-refractivity contribution in [1.82, 2.24) is 0 Å². The van der Waals surface area contributed by atoms with Crippen molar-refractivity contribution in [2.75, 3.05) is 0 Å². The van der Waals surface area contributed by atoms with Gasteiger partial charge in [-0.25, -0.2) is 0 Å². The topological polar surface area (TPSA) is 82.0 Å². The molecule has 11 aromatic rings. The Morgan fingerprint density at radius 3 is 1.55 bits per heavy atom. The molecule has 10 heteroatoms. The number of rotatable bonds is 3. The van der Waals surface area contributed by atoms with E-state index in [0.717, 1.165) is 102 Å². The molecular formula is C48H26BBr3O6+. The first-order chi connectivity index (χ1) is 28.4. The van der Waals surface area contributed by atoms with Crippen molar-refractivity contribution in [2.45, 2.75) is 0 Å². The molecule has 0 spiro atoms. The Hall–Kier alpha value is -5.87. The largest absolute Gasteiger partial charge is 0.569 e. The Bertz CT molecular complexity index is 3390. The highest BCUT2D eigenvalue weighted by molar-refractivity contribution is 9.12. The zero-order valence-corrected chi connectivity index (χ0v) is 34.9. The summed E-state index contributed by atoms with van der Waals surface area (Å²) in [6.07, 6.45) is 6.99. The zero-order valence-electron chi connectivity index (χ0n) is 30.1. The molecule has 1 radical (unpaired) electrons. The van der Waals surface area contributed by atoms with Crippen molar-refractivity contribution < 1.29 is 27.3 Å². The van der Waals surface area contributed by atoms with E-state index in [1.54, 1.807) is 12.1 Å². The van der Waals surface area contributed by atoms with Crippen LogP contribution in [-0.2, 0) is 0 Å². The fraction of sp³-hybridized carbons (Fsp3) is 0. The molecule has 0 fully saturated rings. The highest BCUT2D eigenvalue weighted by atomic mass is 79.9. The maximum Gasteiger partial charge on any atom is 0.569 e. The Labute approximate surface area is 356 Å². The third-order valence-corrected chi connectivity index (χ3v) is 11.4. The fourth-order valence-corrected chi connectivity index (χ4v) is 8.39. The molecule has 12 rings (SSSR count). The summed E-state index contributed by atoms with van der Waals surface area (Å²) >= 11 is 10.6. The van der Waals surface area contributed by atoms with Crippen LogP contribution in [0.1, 0.15) is 11.3 Å². The van der Waals surface area contributed by atoms with Gasteiger partial charge < -0.3 is 27.3 Å². The van der Waals surface area contributed by atoms with E-state index in [1.165, 1.54) is 11.1 Å².